The van der Waals surface area contributed by atoms with Crippen molar-refractivity contribution in [1.82, 2.24) is 5.32 Å². The third kappa shape index (κ3) is 5.97. The van der Waals surface area contributed by atoms with E-state index in [-0.39, 0.29) is 6.54 Å². The first kappa shape index (κ1) is 9.09. The Balaban J connectivity index is 3.28. The molecule has 0 aliphatic carbocycles. The Morgan fingerprint density at radius 2 is 2.22 bits per heavy atom. The zero-order valence-electron chi connectivity index (χ0n) is 4.38. The summed E-state index contributed by atoms with van der Waals surface area (Å²) >= 11 is 4.03. The maximum absolute atomic E-state index is 10.3. The maximum atomic E-state index is 10.3. The van der Waals surface area contributed by atoms with Crippen LogP contribution in [-0.2, 0) is 7.87 Å². The van der Waals surface area contributed by atoms with E-state index in [0.29, 0.717) is 22.9 Å². The first-order chi connectivity index (χ1) is 4.16. The fourth-order valence-corrected chi connectivity index (χ4v) is 0.469. The monoisotopic (exact) mass is 254 g/mol. The molecule has 6 heteroatoms. The number of carbonyl (C=O) groups excluding carboxylic acids is 2. The van der Waals surface area contributed by atoms with Gasteiger partial charge in [0.15, 0.2) is 0 Å². The third-order valence-electron chi connectivity index (χ3n) is 0.498. The van der Waals surface area contributed by atoms with Crippen molar-refractivity contribution in [3.05, 3.63) is 0 Å². The van der Waals surface area contributed by atoms with Crippen LogP contribution >= 0.6 is 12.6 Å². The van der Waals surface area contributed by atoms with Gasteiger partial charge in [0.2, 0.25) is 0 Å². The summed E-state index contributed by atoms with van der Waals surface area (Å²) in [7, 11) is 0. The SMILES string of the molecule is O=C(S)NCC(=O)[O][Sn]. The van der Waals surface area contributed by atoms with Crippen LogP contribution in [0.15, 0.2) is 0 Å². The van der Waals surface area contributed by atoms with E-state index in [9.17, 15) is 9.59 Å². The van der Waals surface area contributed by atoms with Crippen LogP contribution in [0.25, 0.3) is 0 Å². The standard InChI is InChI=1S/C3H5NO3S.Sn/c5-2(6)1-4-3(7)8;/h1H2,(H,5,6)(H2,4,7,8);/q;+1/p-1. The van der Waals surface area contributed by atoms with Gasteiger partial charge in [-0.05, 0) is 0 Å². The van der Waals surface area contributed by atoms with Crippen LogP contribution in [0.3, 0.4) is 0 Å². The van der Waals surface area contributed by atoms with Crippen molar-refractivity contribution >= 4 is 46.8 Å². The predicted octanol–water partition coefficient (Wildman–Crippen LogP) is -0.748. The zero-order chi connectivity index (χ0) is 7.28. The summed E-state index contributed by atoms with van der Waals surface area (Å²) in [5.41, 5.74) is 0. The van der Waals surface area contributed by atoms with E-state index in [4.69, 9.17) is 0 Å². The second-order valence-corrected chi connectivity index (χ2v) is 2.12. The molecule has 0 aromatic heterocycles. The van der Waals surface area contributed by atoms with E-state index in [1.54, 1.807) is 0 Å². The van der Waals surface area contributed by atoms with Gasteiger partial charge in [-0.3, -0.25) is 0 Å². The topological polar surface area (TPSA) is 55.4 Å². The molecule has 49 valence electrons. The number of hydrogen-bond acceptors (Lipinski definition) is 3. The number of amides is 1. The summed E-state index contributed by atoms with van der Waals surface area (Å²) in [4.78, 5) is 20.3. The summed E-state index contributed by atoms with van der Waals surface area (Å²) < 4.78 is 4.30. The number of nitrogens with one attached hydrogen (secondary N) is 1. The van der Waals surface area contributed by atoms with Crippen LogP contribution in [0.4, 0.5) is 4.79 Å². The van der Waals surface area contributed by atoms with Gasteiger partial charge in [0, 0.05) is 0 Å². The van der Waals surface area contributed by atoms with Gasteiger partial charge in [-0.1, -0.05) is 0 Å². The molecule has 0 aliphatic rings. The summed E-state index contributed by atoms with van der Waals surface area (Å²) in [5, 5.41) is 1.63. The molecule has 0 atom stereocenters. The van der Waals surface area contributed by atoms with Gasteiger partial charge in [-0.15, -0.1) is 0 Å². The van der Waals surface area contributed by atoms with Crippen LogP contribution < -0.4 is 5.32 Å². The Morgan fingerprint density at radius 1 is 1.67 bits per heavy atom. The molecule has 0 saturated carbocycles. The molecule has 0 bridgehead atoms. The van der Waals surface area contributed by atoms with Crippen molar-refractivity contribution in [2.75, 3.05) is 6.54 Å². The van der Waals surface area contributed by atoms with Crippen molar-refractivity contribution in [3.8, 4) is 0 Å². The Morgan fingerprint density at radius 3 is 2.56 bits per heavy atom. The Hall–Kier alpha value is 0.0887. The molecule has 3 radical (unpaired) electrons. The average Bonchev–Trinajstić information content (AvgIpc) is 1.83. The van der Waals surface area contributed by atoms with Crippen molar-refractivity contribution < 1.29 is 12.7 Å². The molecule has 0 unspecified atom stereocenters. The zero-order valence-corrected chi connectivity index (χ0v) is 8.13. The summed E-state index contributed by atoms with van der Waals surface area (Å²) in [6.45, 7) is -0.104. The second kappa shape index (κ2) is 4.92. The van der Waals surface area contributed by atoms with Crippen LogP contribution in [0, 0.1) is 0 Å². The van der Waals surface area contributed by atoms with Gasteiger partial charge in [0.25, 0.3) is 0 Å². The second-order valence-electron chi connectivity index (χ2n) is 1.13. The van der Waals surface area contributed by atoms with Crippen LogP contribution in [0.1, 0.15) is 0 Å². The Bertz CT molecular complexity index is 128. The first-order valence-electron chi connectivity index (χ1n) is 2.00. The molecule has 0 fully saturated rings. The van der Waals surface area contributed by atoms with Gasteiger partial charge in [-0.25, -0.2) is 0 Å². The van der Waals surface area contributed by atoms with Crippen molar-refractivity contribution in [3.63, 3.8) is 0 Å². The molecule has 0 spiro atoms. The average molecular weight is 253 g/mol. The van der Waals surface area contributed by atoms with Crippen LogP contribution in [0.2, 0.25) is 0 Å². The van der Waals surface area contributed by atoms with Crippen molar-refractivity contribution in [1.29, 1.82) is 0 Å². The molecule has 0 heterocycles. The molecular formula is C3H4NO3SSn. The van der Waals surface area contributed by atoms with E-state index in [1.807, 2.05) is 0 Å². The van der Waals surface area contributed by atoms with Gasteiger partial charge >= 0.3 is 71.3 Å². The molecule has 1 amide bonds. The number of carbonyl (C=O) groups is 2. The molecule has 0 rings (SSSR count). The molecule has 4 nitrogen and oxygen atoms in total. The molecule has 0 saturated heterocycles. The van der Waals surface area contributed by atoms with Gasteiger partial charge < -0.3 is 0 Å². The first-order valence-corrected chi connectivity index (χ1v) is 3.61. The van der Waals surface area contributed by atoms with Gasteiger partial charge in [0.05, 0.1) is 0 Å². The quantitative estimate of drug-likeness (QED) is 0.503. The minimum atomic E-state index is -0.531. The third-order valence-corrected chi connectivity index (χ3v) is 1.31. The number of thiol groups is 1. The fraction of sp³-hybridized carbons (Fsp3) is 0.333. The fourth-order valence-electron chi connectivity index (χ4n) is 0.184. The van der Waals surface area contributed by atoms with Gasteiger partial charge in [-0.2, -0.15) is 0 Å². The van der Waals surface area contributed by atoms with Crippen LogP contribution in [0.5, 0.6) is 0 Å². The molecular weight excluding hydrogens is 249 g/mol. The molecule has 0 aliphatic heterocycles. The van der Waals surface area contributed by atoms with Crippen molar-refractivity contribution in [2.45, 2.75) is 0 Å². The molecule has 9 heavy (non-hydrogen) atoms. The predicted molar refractivity (Wildman–Crippen MR) is 34.2 cm³/mol. The summed E-state index contributed by atoms with van der Waals surface area (Å²) in [6.07, 6.45) is 0. The van der Waals surface area contributed by atoms with Crippen molar-refractivity contribution in [2.24, 2.45) is 0 Å². The normalized spacial score (nSPS) is 8.22. The Labute approximate surface area is 71.4 Å². The Kier molecular flexibility index (Phi) is 4.97. The minimum absolute atomic E-state index is 0.104. The number of hydrogen-bond donors (Lipinski definition) is 2. The van der Waals surface area contributed by atoms with E-state index < -0.39 is 11.2 Å². The van der Waals surface area contributed by atoms with E-state index in [0.717, 1.165) is 0 Å². The molecule has 1 N–H and O–H groups in total. The summed E-state index contributed by atoms with van der Waals surface area (Å²) in [6, 6.07) is 0. The molecule has 0 aromatic rings. The number of rotatable bonds is 2. The van der Waals surface area contributed by atoms with E-state index >= 15 is 0 Å². The molecule has 0 aromatic carbocycles. The van der Waals surface area contributed by atoms with Gasteiger partial charge in [0.1, 0.15) is 0 Å². The van der Waals surface area contributed by atoms with E-state index in [1.165, 1.54) is 0 Å². The summed E-state index contributed by atoms with van der Waals surface area (Å²) in [5.74, 6) is -0.449. The van der Waals surface area contributed by atoms with Crippen LogP contribution in [-0.4, -0.2) is 40.7 Å². The van der Waals surface area contributed by atoms with E-state index in [2.05, 4.69) is 21.0 Å².